The van der Waals surface area contributed by atoms with Gasteiger partial charge in [-0.1, -0.05) is 48.5 Å². The van der Waals surface area contributed by atoms with E-state index in [9.17, 15) is 4.79 Å². The van der Waals surface area contributed by atoms with Gasteiger partial charge in [-0.15, -0.1) is 0 Å². The Balaban J connectivity index is 1.26. The van der Waals surface area contributed by atoms with Gasteiger partial charge >= 0.3 is 5.97 Å². The van der Waals surface area contributed by atoms with Gasteiger partial charge in [0, 0.05) is 6.61 Å². The molecule has 35 heavy (non-hydrogen) atoms. The lowest BCUT2D eigenvalue weighted by Gasteiger charge is -2.14. The van der Waals surface area contributed by atoms with Crippen molar-refractivity contribution in [1.29, 1.82) is 0 Å². The van der Waals surface area contributed by atoms with Crippen molar-refractivity contribution in [3.63, 3.8) is 0 Å². The van der Waals surface area contributed by atoms with Crippen LogP contribution in [0.2, 0.25) is 0 Å². The summed E-state index contributed by atoms with van der Waals surface area (Å²) < 4.78 is 11.3. The molecule has 3 aromatic rings. The third-order valence-corrected chi connectivity index (χ3v) is 7.35. The average molecular weight is 471 g/mol. The average Bonchev–Trinajstić information content (AvgIpc) is 3.69. The maximum absolute atomic E-state index is 11.1. The summed E-state index contributed by atoms with van der Waals surface area (Å²) in [5.41, 5.74) is 9.29. The molecule has 4 nitrogen and oxygen atoms in total. The van der Waals surface area contributed by atoms with E-state index in [1.165, 1.54) is 33.4 Å². The van der Waals surface area contributed by atoms with Gasteiger partial charge in [0.15, 0.2) is 0 Å². The van der Waals surface area contributed by atoms with Crippen LogP contribution in [0.4, 0.5) is 0 Å². The third-order valence-electron chi connectivity index (χ3n) is 7.35. The Kier molecular flexibility index (Phi) is 7.19. The van der Waals surface area contributed by atoms with E-state index in [0.717, 1.165) is 49.8 Å². The number of fused-ring (bicyclic) bond motifs is 3. The van der Waals surface area contributed by atoms with Crippen molar-refractivity contribution in [3.05, 3.63) is 88.5 Å². The lowest BCUT2D eigenvalue weighted by molar-refractivity contribution is -0.138. The number of carboxylic acid groups (broad SMARTS) is 1. The Morgan fingerprint density at radius 2 is 1.66 bits per heavy atom. The highest BCUT2D eigenvalue weighted by Crippen LogP contribution is 2.47. The molecular weight excluding hydrogens is 436 g/mol. The molecular formula is C31H34O4. The van der Waals surface area contributed by atoms with E-state index >= 15 is 0 Å². The van der Waals surface area contributed by atoms with E-state index < -0.39 is 5.97 Å². The quantitative estimate of drug-likeness (QED) is 0.357. The molecule has 182 valence electrons. The minimum Gasteiger partial charge on any atom is -0.491 e. The maximum atomic E-state index is 11.1. The summed E-state index contributed by atoms with van der Waals surface area (Å²) in [7, 11) is 0. The molecule has 0 heterocycles. The Morgan fingerprint density at radius 3 is 2.43 bits per heavy atom. The molecule has 5 rings (SSSR count). The Bertz CT molecular complexity index is 1180. The topological polar surface area (TPSA) is 55.8 Å². The van der Waals surface area contributed by atoms with Crippen LogP contribution in [0.5, 0.6) is 5.75 Å². The summed E-state index contributed by atoms with van der Waals surface area (Å²) in [6.07, 6.45) is 6.06. The maximum Gasteiger partial charge on any atom is 0.307 e. The molecule has 3 aromatic carbocycles. The molecule has 4 heteroatoms. The molecule has 0 aliphatic heterocycles. The van der Waals surface area contributed by atoms with Crippen LogP contribution >= 0.6 is 0 Å². The van der Waals surface area contributed by atoms with Crippen molar-refractivity contribution in [2.45, 2.75) is 51.4 Å². The summed E-state index contributed by atoms with van der Waals surface area (Å²) in [4.78, 5) is 11.1. The van der Waals surface area contributed by atoms with E-state index in [2.05, 4.69) is 60.7 Å². The highest BCUT2D eigenvalue weighted by atomic mass is 16.5. The Labute approximate surface area is 207 Å². The van der Waals surface area contributed by atoms with Crippen molar-refractivity contribution in [3.8, 4) is 16.9 Å². The Hall–Kier alpha value is -3.11. The van der Waals surface area contributed by atoms with Crippen LogP contribution in [0.3, 0.4) is 0 Å². The molecule has 0 unspecified atom stereocenters. The highest BCUT2D eigenvalue weighted by Gasteiger charge is 2.43. The van der Waals surface area contributed by atoms with Crippen molar-refractivity contribution in [2.75, 3.05) is 19.8 Å². The smallest absolute Gasteiger partial charge is 0.307 e. The van der Waals surface area contributed by atoms with Crippen LogP contribution in [-0.2, 0) is 35.2 Å². The molecule has 0 amide bonds. The number of aliphatic carboxylic acids is 1. The molecule has 0 aromatic heterocycles. The van der Waals surface area contributed by atoms with Crippen LogP contribution in [0.1, 0.15) is 53.5 Å². The van der Waals surface area contributed by atoms with Crippen LogP contribution in [-0.4, -0.2) is 30.9 Å². The fourth-order valence-corrected chi connectivity index (χ4v) is 5.27. The third kappa shape index (κ3) is 5.59. The zero-order chi connectivity index (χ0) is 24.2. The lowest BCUT2D eigenvalue weighted by atomic mass is 9.93. The van der Waals surface area contributed by atoms with Gasteiger partial charge in [0.05, 0.1) is 12.5 Å². The standard InChI is InChI=1S/C31H34O4/c1-2-34-16-17-35-26-14-15-27-25(19-26)5-3-4-23-13-10-22(18-28(23)27)7-6-21-8-11-24(12-9-21)29-20-30(29)31(32)33/h8-15,18-19,29-30H,2-7,16-17,20H2,1H3,(H,32,33)/t29-,30+/m1/s1. The van der Waals surface area contributed by atoms with Crippen molar-refractivity contribution in [1.82, 2.24) is 0 Å². The second-order valence-corrected chi connectivity index (χ2v) is 9.74. The number of benzene rings is 3. The van der Waals surface area contributed by atoms with Crippen molar-refractivity contribution in [2.24, 2.45) is 5.92 Å². The van der Waals surface area contributed by atoms with Crippen molar-refractivity contribution < 1.29 is 19.4 Å². The first-order chi connectivity index (χ1) is 17.1. The highest BCUT2D eigenvalue weighted by molar-refractivity contribution is 5.75. The van der Waals surface area contributed by atoms with Gasteiger partial charge in [-0.2, -0.15) is 0 Å². The number of ether oxygens (including phenoxy) is 2. The van der Waals surface area contributed by atoms with Crippen LogP contribution < -0.4 is 4.74 Å². The lowest BCUT2D eigenvalue weighted by Crippen LogP contribution is -2.06. The number of hydrogen-bond donors (Lipinski definition) is 1. The first kappa shape index (κ1) is 23.6. The van der Waals surface area contributed by atoms with Gasteiger partial charge in [0.25, 0.3) is 0 Å². The summed E-state index contributed by atoms with van der Waals surface area (Å²) >= 11 is 0. The van der Waals surface area contributed by atoms with Gasteiger partial charge in [-0.05, 0) is 102 Å². The van der Waals surface area contributed by atoms with Gasteiger partial charge in [0.1, 0.15) is 12.4 Å². The van der Waals surface area contributed by atoms with Crippen molar-refractivity contribution >= 4 is 5.97 Å². The van der Waals surface area contributed by atoms with Gasteiger partial charge in [0.2, 0.25) is 0 Å². The number of hydrogen-bond acceptors (Lipinski definition) is 3. The molecule has 2 aliphatic carbocycles. The molecule has 1 N–H and O–H groups in total. The number of aryl methyl sites for hydroxylation is 4. The SMILES string of the molecule is CCOCCOc1ccc2c(c1)CCCc1ccc(CCc3ccc([C@H]4C[C@@H]4C(=O)O)cc3)cc1-2. The molecule has 2 atom stereocenters. The molecule has 1 fully saturated rings. The van der Waals surface area contributed by atoms with Crippen LogP contribution in [0, 0.1) is 5.92 Å². The molecule has 2 aliphatic rings. The van der Waals surface area contributed by atoms with Gasteiger partial charge in [-0.3, -0.25) is 4.79 Å². The number of rotatable bonds is 10. The van der Waals surface area contributed by atoms with Crippen LogP contribution in [0.25, 0.3) is 11.1 Å². The second kappa shape index (κ2) is 10.7. The molecule has 0 radical (unpaired) electrons. The second-order valence-electron chi connectivity index (χ2n) is 9.74. The fraction of sp³-hybridized carbons (Fsp3) is 0.387. The summed E-state index contributed by atoms with van der Waals surface area (Å²) in [6, 6.07) is 22.1. The first-order valence-electron chi connectivity index (χ1n) is 12.9. The van der Waals surface area contributed by atoms with E-state index in [4.69, 9.17) is 14.6 Å². The van der Waals surface area contributed by atoms with E-state index in [1.54, 1.807) is 0 Å². The summed E-state index contributed by atoms with van der Waals surface area (Å²) in [5, 5.41) is 9.17. The number of carboxylic acids is 1. The predicted molar refractivity (Wildman–Crippen MR) is 138 cm³/mol. The first-order valence-corrected chi connectivity index (χ1v) is 12.9. The molecule has 0 saturated heterocycles. The largest absolute Gasteiger partial charge is 0.491 e. The predicted octanol–water partition coefficient (Wildman–Crippen LogP) is 6.23. The van der Waals surface area contributed by atoms with Crippen LogP contribution in [0.15, 0.2) is 60.7 Å². The van der Waals surface area contributed by atoms with E-state index in [1.807, 2.05) is 6.92 Å². The molecule has 0 bridgehead atoms. The van der Waals surface area contributed by atoms with E-state index in [-0.39, 0.29) is 11.8 Å². The molecule has 0 spiro atoms. The zero-order valence-electron chi connectivity index (χ0n) is 20.5. The summed E-state index contributed by atoms with van der Waals surface area (Å²) in [6.45, 7) is 3.91. The summed E-state index contributed by atoms with van der Waals surface area (Å²) in [5.74, 6) is 0.254. The molecule has 1 saturated carbocycles. The zero-order valence-corrected chi connectivity index (χ0v) is 20.5. The van der Waals surface area contributed by atoms with Gasteiger partial charge in [-0.25, -0.2) is 0 Å². The van der Waals surface area contributed by atoms with E-state index in [0.29, 0.717) is 19.8 Å². The normalized spacial score (nSPS) is 18.3. The Morgan fingerprint density at radius 1 is 0.886 bits per heavy atom. The van der Waals surface area contributed by atoms with Gasteiger partial charge < -0.3 is 14.6 Å². The minimum absolute atomic E-state index is 0.193. The minimum atomic E-state index is -0.672. The monoisotopic (exact) mass is 470 g/mol. The number of carbonyl (C=O) groups is 1. The fourth-order valence-electron chi connectivity index (χ4n) is 5.27.